The van der Waals surface area contributed by atoms with E-state index in [1.165, 1.54) is 6.33 Å². The van der Waals surface area contributed by atoms with Crippen molar-refractivity contribution in [1.29, 1.82) is 0 Å². The first-order valence-electron chi connectivity index (χ1n) is 27.3. The SMILES string of the molecule is O=C(O)CC1CNC(CC(=O)O)C(Cc2ccc(NC(=S)NCCOCCOCCOCCOCCOCCOCCOCCOCCOCCOCCOCCNC(=O)c3ccc(-c4nncnn4)cc3)cc2)NC(CC(=O)O)CN1. The first kappa shape index (κ1) is 68.9. The van der Waals surface area contributed by atoms with Gasteiger partial charge in [-0.2, -0.15) is 0 Å². The number of nitrogens with one attached hydrogen (secondary N) is 6. The predicted molar refractivity (Wildman–Crippen MR) is 300 cm³/mol. The second-order valence-electron chi connectivity index (χ2n) is 18.1. The molecule has 82 heavy (non-hydrogen) atoms. The molecule has 4 unspecified atom stereocenters. The smallest absolute Gasteiger partial charge is 0.304 e. The van der Waals surface area contributed by atoms with E-state index in [1.807, 2.05) is 24.3 Å². The van der Waals surface area contributed by atoms with Gasteiger partial charge in [0.25, 0.3) is 5.91 Å². The molecule has 9 N–H and O–H groups in total. The quantitative estimate of drug-likeness (QED) is 0.0267. The summed E-state index contributed by atoms with van der Waals surface area (Å²) < 4.78 is 60.9. The van der Waals surface area contributed by atoms with Crippen LogP contribution in [0.2, 0.25) is 0 Å². The largest absolute Gasteiger partial charge is 0.481 e. The Hall–Kier alpha value is -5.61. The molecule has 0 bridgehead atoms. The third-order valence-corrected chi connectivity index (χ3v) is 12.0. The van der Waals surface area contributed by atoms with E-state index in [-0.39, 0.29) is 38.3 Å². The van der Waals surface area contributed by atoms with Crippen LogP contribution in [-0.4, -0.2) is 260 Å². The van der Waals surface area contributed by atoms with Crippen LogP contribution in [0.4, 0.5) is 5.69 Å². The van der Waals surface area contributed by atoms with Crippen molar-refractivity contribution in [3.05, 3.63) is 66.0 Å². The first-order chi connectivity index (χ1) is 40.0. The van der Waals surface area contributed by atoms with Gasteiger partial charge < -0.3 is 99.3 Å². The Balaban J connectivity index is 0.830. The highest BCUT2D eigenvalue weighted by atomic mass is 32.1. The minimum absolute atomic E-state index is 0.199. The Morgan fingerprint density at radius 3 is 1.33 bits per heavy atom. The number of anilines is 1. The van der Waals surface area contributed by atoms with Crippen LogP contribution < -0.4 is 31.9 Å². The molecule has 4 atom stereocenters. The van der Waals surface area contributed by atoms with Gasteiger partial charge in [-0.25, -0.2) is 0 Å². The second kappa shape index (κ2) is 44.9. The summed E-state index contributed by atoms with van der Waals surface area (Å²) in [5.41, 5.74) is 2.84. The Kier molecular flexibility index (Phi) is 37.7. The predicted octanol–water partition coefficient (Wildman–Crippen LogP) is 0.0560. The molecule has 2 aromatic carbocycles. The normalized spacial score (nSPS) is 16.4. The van der Waals surface area contributed by atoms with E-state index >= 15 is 0 Å². The molecule has 0 spiro atoms. The van der Waals surface area contributed by atoms with Gasteiger partial charge in [0.1, 0.15) is 0 Å². The average Bonchev–Trinajstić information content (AvgIpc) is 3.53. The van der Waals surface area contributed by atoms with Crippen LogP contribution in [-0.2, 0) is 72.9 Å². The third-order valence-electron chi connectivity index (χ3n) is 11.7. The van der Waals surface area contributed by atoms with Gasteiger partial charge in [0.2, 0.25) is 5.82 Å². The van der Waals surface area contributed by atoms with Gasteiger partial charge >= 0.3 is 17.9 Å². The van der Waals surface area contributed by atoms with Gasteiger partial charge in [0.15, 0.2) is 11.4 Å². The summed E-state index contributed by atoms with van der Waals surface area (Å²) in [6.45, 7) is 10.8. The number of aromatic nitrogens is 4. The first-order valence-corrected chi connectivity index (χ1v) is 27.7. The van der Waals surface area contributed by atoms with Gasteiger partial charge in [-0.15, -0.1) is 20.4 Å². The summed E-state index contributed by atoms with van der Waals surface area (Å²) in [5, 5.41) is 62.8. The van der Waals surface area contributed by atoms with Crippen molar-refractivity contribution in [1.82, 2.24) is 47.0 Å². The van der Waals surface area contributed by atoms with E-state index in [4.69, 9.17) is 64.3 Å². The van der Waals surface area contributed by atoms with Crippen LogP contribution in [0.1, 0.15) is 35.2 Å². The lowest BCUT2D eigenvalue weighted by molar-refractivity contribution is -0.139. The summed E-state index contributed by atoms with van der Waals surface area (Å²) in [6.07, 6.45) is 0.979. The molecule has 1 fully saturated rings. The lowest BCUT2D eigenvalue weighted by Gasteiger charge is -2.30. The molecule has 1 aromatic heterocycles. The number of hydrogen-bond acceptors (Lipinski definition) is 23. The number of benzene rings is 2. The Morgan fingerprint density at radius 2 is 0.890 bits per heavy atom. The van der Waals surface area contributed by atoms with Crippen molar-refractivity contribution >= 4 is 46.8 Å². The zero-order valence-electron chi connectivity index (χ0n) is 46.4. The number of hydrogen-bond donors (Lipinski definition) is 9. The zero-order valence-corrected chi connectivity index (χ0v) is 47.2. The molecule has 1 amide bonds. The van der Waals surface area contributed by atoms with Crippen LogP contribution >= 0.6 is 12.2 Å². The monoisotopic (exact) mass is 1180 g/mol. The molecule has 4 rings (SSSR count). The number of ether oxygens (including phenoxy) is 11. The third kappa shape index (κ3) is 34.1. The van der Waals surface area contributed by atoms with E-state index in [2.05, 4.69) is 52.3 Å². The van der Waals surface area contributed by atoms with E-state index in [9.17, 15) is 34.5 Å². The Labute approximate surface area is 483 Å². The number of carboxylic acid groups (broad SMARTS) is 3. The minimum atomic E-state index is -1.03. The van der Waals surface area contributed by atoms with E-state index in [0.717, 1.165) is 11.3 Å². The average molecular weight is 1180 g/mol. The molecule has 1 saturated heterocycles. The number of nitrogens with zero attached hydrogens (tertiary/aromatic N) is 4. The van der Waals surface area contributed by atoms with Crippen LogP contribution in [0, 0.1) is 0 Å². The number of carboxylic acids is 3. The van der Waals surface area contributed by atoms with Crippen LogP contribution in [0.15, 0.2) is 54.9 Å². The molecule has 0 saturated carbocycles. The lowest BCUT2D eigenvalue weighted by Crippen LogP contribution is -2.54. The van der Waals surface area contributed by atoms with E-state index in [1.54, 1.807) is 24.3 Å². The van der Waals surface area contributed by atoms with Crippen molar-refractivity contribution in [3.8, 4) is 11.4 Å². The molecule has 28 nitrogen and oxygen atoms in total. The molecule has 1 aliphatic rings. The molecule has 3 aromatic rings. The molecular formula is C53H82N10O18S. The van der Waals surface area contributed by atoms with Crippen LogP contribution in [0.3, 0.4) is 0 Å². The molecular weight excluding hydrogens is 1100 g/mol. The van der Waals surface area contributed by atoms with Gasteiger partial charge in [-0.05, 0) is 48.5 Å². The van der Waals surface area contributed by atoms with Crippen LogP contribution in [0.5, 0.6) is 0 Å². The van der Waals surface area contributed by atoms with Gasteiger partial charge in [-0.3, -0.25) is 19.2 Å². The fraction of sp³-hybridized carbons (Fsp3) is 0.642. The summed E-state index contributed by atoms with van der Waals surface area (Å²) >= 11 is 5.43. The lowest BCUT2D eigenvalue weighted by atomic mass is 9.95. The number of carbonyl (C=O) groups is 4. The van der Waals surface area contributed by atoms with Crippen molar-refractivity contribution in [2.45, 2.75) is 49.9 Å². The van der Waals surface area contributed by atoms with Crippen LogP contribution in [0.25, 0.3) is 11.4 Å². The van der Waals surface area contributed by atoms with E-state index in [0.29, 0.717) is 187 Å². The van der Waals surface area contributed by atoms with Crippen molar-refractivity contribution in [3.63, 3.8) is 0 Å². The van der Waals surface area contributed by atoms with Crippen molar-refractivity contribution in [2.24, 2.45) is 0 Å². The van der Waals surface area contributed by atoms with Gasteiger partial charge in [0, 0.05) is 67.2 Å². The fourth-order valence-electron chi connectivity index (χ4n) is 7.72. The maximum Gasteiger partial charge on any atom is 0.304 e. The Morgan fingerprint density at radius 1 is 0.488 bits per heavy atom. The maximum absolute atomic E-state index is 12.3. The number of rotatable bonds is 47. The minimum Gasteiger partial charge on any atom is -0.481 e. The number of carbonyl (C=O) groups excluding carboxylic acids is 1. The summed E-state index contributed by atoms with van der Waals surface area (Å²) in [6, 6.07) is 12.2. The van der Waals surface area contributed by atoms with Gasteiger partial charge in [-0.1, -0.05) is 24.3 Å². The molecule has 29 heteroatoms. The summed E-state index contributed by atoms with van der Waals surface area (Å²) in [4.78, 5) is 47.2. The van der Waals surface area contributed by atoms with Crippen molar-refractivity contribution < 1.29 is 86.6 Å². The highest BCUT2D eigenvalue weighted by molar-refractivity contribution is 7.80. The molecule has 1 aliphatic heterocycles. The molecule has 2 heterocycles. The topological polar surface area (TPSA) is 354 Å². The zero-order chi connectivity index (χ0) is 58.5. The fourth-order valence-corrected chi connectivity index (χ4v) is 7.94. The number of aliphatic carboxylic acids is 3. The van der Waals surface area contributed by atoms with E-state index < -0.39 is 42.1 Å². The second-order valence-corrected chi connectivity index (χ2v) is 18.5. The number of amides is 1. The molecule has 0 aliphatic carbocycles. The molecule has 458 valence electrons. The van der Waals surface area contributed by atoms with Gasteiger partial charge in [0.05, 0.1) is 165 Å². The standard InChI is InChI=1S/C53H82N10O18S/c64-48(65)34-44-37-57-46(36-50(68)69)47(60-45(38-56-44)35-49(66)67)33-40-1-7-43(8-2-40)61-53(82)55-10-12-72-14-16-74-18-20-76-22-24-78-26-28-80-30-32-81-31-29-79-27-25-77-23-21-75-19-17-73-15-13-71-11-9-54-52(70)42-5-3-41(4-6-42)51-62-58-39-59-63-51/h1-8,39,44-47,56-57,60H,9-38H2,(H,54,70)(H,64,65)(H,66,67)(H,68,69)(H2,55,61,82). The summed E-state index contributed by atoms with van der Waals surface area (Å²) in [7, 11) is 0. The summed E-state index contributed by atoms with van der Waals surface area (Å²) in [5.74, 6) is -2.89. The highest BCUT2D eigenvalue weighted by Gasteiger charge is 2.30. The van der Waals surface area contributed by atoms with Crippen molar-refractivity contribution in [2.75, 3.05) is 177 Å². The Bertz CT molecular complexity index is 2180. The molecule has 0 radical (unpaired) electrons. The maximum atomic E-state index is 12.3. The highest BCUT2D eigenvalue weighted by Crippen LogP contribution is 2.17. The number of thiocarbonyl (C=S) groups is 1.